The van der Waals surface area contributed by atoms with E-state index in [0.717, 1.165) is 50.6 Å². The first kappa shape index (κ1) is 18.8. The third kappa shape index (κ3) is 4.31. The highest BCUT2D eigenvalue weighted by Gasteiger charge is 2.20. The van der Waals surface area contributed by atoms with Crippen LogP contribution >= 0.6 is 0 Å². The summed E-state index contributed by atoms with van der Waals surface area (Å²) in [4.78, 5) is 23.6. The largest absolute Gasteiger partial charge is 0.410 e. The molecule has 0 atom stereocenters. The van der Waals surface area contributed by atoms with E-state index in [9.17, 15) is 4.79 Å². The van der Waals surface area contributed by atoms with Crippen molar-refractivity contribution < 1.29 is 9.53 Å². The predicted octanol–water partition coefficient (Wildman–Crippen LogP) is 2.26. The maximum Gasteiger partial charge on any atom is 0.410 e. The van der Waals surface area contributed by atoms with Crippen LogP contribution in [0.2, 0.25) is 0 Å². The number of carbonyl (C=O) groups excluding carboxylic acids is 1. The number of H-pyrrole nitrogens is 1. The molecule has 148 valence electrons. The van der Waals surface area contributed by atoms with Gasteiger partial charge in [0.2, 0.25) is 5.95 Å². The van der Waals surface area contributed by atoms with E-state index in [1.807, 2.05) is 30.3 Å². The van der Waals surface area contributed by atoms with Gasteiger partial charge in [-0.2, -0.15) is 5.26 Å². The smallest absolute Gasteiger partial charge is 0.408 e. The number of ether oxygens (including phenoxy) is 1. The first-order valence-electron chi connectivity index (χ1n) is 9.55. The number of benzene rings is 2. The molecule has 0 radical (unpaired) electrons. The summed E-state index contributed by atoms with van der Waals surface area (Å²) in [6, 6.07) is 15.3. The molecule has 1 aromatic heterocycles. The van der Waals surface area contributed by atoms with Crippen LogP contribution < -0.4 is 15.4 Å². The molecule has 4 rings (SSSR count). The minimum absolute atomic E-state index is 0.360. The number of aromatic amines is 1. The number of fused-ring (bicyclic) bond motifs is 1. The summed E-state index contributed by atoms with van der Waals surface area (Å²) in [7, 11) is 0. The number of anilines is 1. The molecule has 0 spiro atoms. The van der Waals surface area contributed by atoms with Gasteiger partial charge < -0.3 is 20.4 Å². The summed E-state index contributed by atoms with van der Waals surface area (Å²) in [5, 5.41) is 8.88. The number of rotatable bonds is 5. The number of para-hydroxylation sites is 1. The molecular formula is C21H22N6O2. The second-order valence-corrected chi connectivity index (χ2v) is 7.02. The van der Waals surface area contributed by atoms with Gasteiger partial charge in [0.05, 0.1) is 17.1 Å². The summed E-state index contributed by atoms with van der Waals surface area (Å²) < 4.78 is 5.05. The van der Waals surface area contributed by atoms with Gasteiger partial charge in [-0.15, -0.1) is 0 Å². The Morgan fingerprint density at radius 1 is 1.17 bits per heavy atom. The molecule has 3 N–H and O–H groups in total. The van der Waals surface area contributed by atoms with E-state index in [-0.39, 0.29) is 0 Å². The number of amides is 1. The minimum Gasteiger partial charge on any atom is -0.408 e. The van der Waals surface area contributed by atoms with E-state index in [1.165, 1.54) is 5.56 Å². The molecule has 1 fully saturated rings. The van der Waals surface area contributed by atoms with Gasteiger partial charge in [-0.3, -0.25) is 4.90 Å². The van der Waals surface area contributed by atoms with Crippen molar-refractivity contribution in [2.45, 2.75) is 6.42 Å². The Hall–Kier alpha value is -3.57. The van der Waals surface area contributed by atoms with Gasteiger partial charge in [-0.25, -0.2) is 9.78 Å². The molecule has 2 aromatic carbocycles. The Labute approximate surface area is 168 Å². The summed E-state index contributed by atoms with van der Waals surface area (Å²) in [6.07, 6.45) is 0.113. The number of hydrogen-bond acceptors (Lipinski definition) is 6. The van der Waals surface area contributed by atoms with Gasteiger partial charge in [-0.1, -0.05) is 18.2 Å². The molecule has 0 saturated carbocycles. The molecule has 3 aromatic rings. The van der Waals surface area contributed by atoms with E-state index < -0.39 is 6.09 Å². The van der Waals surface area contributed by atoms with E-state index in [4.69, 9.17) is 15.7 Å². The van der Waals surface area contributed by atoms with Crippen molar-refractivity contribution in [1.29, 1.82) is 5.26 Å². The number of hydrogen-bond donors (Lipinski definition) is 2. The summed E-state index contributed by atoms with van der Waals surface area (Å²) in [5.41, 5.74) is 8.48. The number of piperazine rings is 1. The molecule has 1 aliphatic heterocycles. The molecule has 0 bridgehead atoms. The van der Waals surface area contributed by atoms with Crippen LogP contribution in [0, 0.1) is 11.3 Å². The monoisotopic (exact) mass is 390 g/mol. The van der Waals surface area contributed by atoms with E-state index in [2.05, 4.69) is 25.8 Å². The lowest BCUT2D eigenvalue weighted by molar-refractivity contribution is 0.211. The highest BCUT2D eigenvalue weighted by Crippen LogP contribution is 2.26. The summed E-state index contributed by atoms with van der Waals surface area (Å²) >= 11 is 0. The third-order valence-corrected chi connectivity index (χ3v) is 5.15. The van der Waals surface area contributed by atoms with Crippen LogP contribution in [0.15, 0.2) is 42.5 Å². The molecule has 8 nitrogen and oxygen atoms in total. The van der Waals surface area contributed by atoms with Crippen LogP contribution in [0.5, 0.6) is 5.75 Å². The van der Waals surface area contributed by atoms with Gasteiger partial charge in [0.25, 0.3) is 0 Å². The van der Waals surface area contributed by atoms with E-state index in [1.54, 1.807) is 12.1 Å². The molecule has 0 unspecified atom stereocenters. The van der Waals surface area contributed by atoms with Crippen molar-refractivity contribution in [3.63, 3.8) is 0 Å². The molecule has 1 saturated heterocycles. The lowest BCUT2D eigenvalue weighted by Gasteiger charge is -2.34. The molecule has 1 amide bonds. The Morgan fingerprint density at radius 3 is 2.62 bits per heavy atom. The van der Waals surface area contributed by atoms with Crippen LogP contribution in [0.1, 0.15) is 11.1 Å². The first-order chi connectivity index (χ1) is 14.1. The zero-order valence-electron chi connectivity index (χ0n) is 16.0. The van der Waals surface area contributed by atoms with Crippen molar-refractivity contribution in [3.05, 3.63) is 53.6 Å². The van der Waals surface area contributed by atoms with Crippen molar-refractivity contribution in [1.82, 2.24) is 14.9 Å². The number of nitrogens with one attached hydrogen (secondary N) is 1. The van der Waals surface area contributed by atoms with Gasteiger partial charge >= 0.3 is 6.09 Å². The third-order valence-electron chi connectivity index (χ3n) is 5.15. The number of primary amides is 1. The number of nitrogens with zero attached hydrogens (tertiary/aromatic N) is 4. The van der Waals surface area contributed by atoms with Gasteiger partial charge in [0.1, 0.15) is 5.52 Å². The molecule has 0 aliphatic carbocycles. The number of nitriles is 1. The van der Waals surface area contributed by atoms with Crippen LogP contribution in [0.25, 0.3) is 11.0 Å². The topological polar surface area (TPSA) is 111 Å². The fourth-order valence-electron chi connectivity index (χ4n) is 3.55. The number of imidazole rings is 1. The lowest BCUT2D eigenvalue weighted by Crippen LogP contribution is -2.47. The van der Waals surface area contributed by atoms with Gasteiger partial charge in [0.15, 0.2) is 5.75 Å². The second kappa shape index (κ2) is 8.20. The number of aromatic nitrogens is 2. The highest BCUT2D eigenvalue weighted by molar-refractivity contribution is 5.86. The molecule has 29 heavy (non-hydrogen) atoms. The zero-order valence-corrected chi connectivity index (χ0v) is 16.0. The first-order valence-corrected chi connectivity index (χ1v) is 9.55. The second-order valence-electron chi connectivity index (χ2n) is 7.02. The van der Waals surface area contributed by atoms with Crippen molar-refractivity contribution in [2.24, 2.45) is 5.73 Å². The molecule has 1 aliphatic rings. The van der Waals surface area contributed by atoms with Crippen LogP contribution in [-0.4, -0.2) is 53.7 Å². The van der Waals surface area contributed by atoms with Crippen LogP contribution in [-0.2, 0) is 6.42 Å². The van der Waals surface area contributed by atoms with Gasteiger partial charge in [-0.05, 0) is 36.2 Å². The Bertz CT molecular complexity index is 1050. The molecule has 8 heteroatoms. The minimum atomic E-state index is -0.849. The fourth-order valence-corrected chi connectivity index (χ4v) is 3.55. The molecule has 2 heterocycles. The SMILES string of the molecule is N#Cc1ccc(CCN2CCN(c3nc4c(OC(N)=O)cccc4[nH]3)CC2)cc1. The van der Waals surface area contributed by atoms with Crippen molar-refractivity contribution >= 4 is 23.1 Å². The van der Waals surface area contributed by atoms with Crippen molar-refractivity contribution in [2.75, 3.05) is 37.6 Å². The fraction of sp³-hybridized carbons (Fsp3) is 0.286. The Kier molecular flexibility index (Phi) is 5.31. The highest BCUT2D eigenvalue weighted by atomic mass is 16.5. The quantitative estimate of drug-likeness (QED) is 0.691. The number of nitrogens with two attached hydrogens (primary N) is 1. The maximum absolute atomic E-state index is 11.1. The predicted molar refractivity (Wildman–Crippen MR) is 110 cm³/mol. The van der Waals surface area contributed by atoms with Gasteiger partial charge in [0, 0.05) is 32.7 Å². The average molecular weight is 390 g/mol. The zero-order chi connectivity index (χ0) is 20.2. The van der Waals surface area contributed by atoms with Crippen LogP contribution in [0.4, 0.5) is 10.7 Å². The van der Waals surface area contributed by atoms with Crippen LogP contribution in [0.3, 0.4) is 0 Å². The lowest BCUT2D eigenvalue weighted by atomic mass is 10.1. The summed E-state index contributed by atoms with van der Waals surface area (Å²) in [5.74, 6) is 1.13. The van der Waals surface area contributed by atoms with Crippen molar-refractivity contribution in [3.8, 4) is 11.8 Å². The average Bonchev–Trinajstić information content (AvgIpc) is 3.18. The molecular weight excluding hydrogens is 368 g/mol. The maximum atomic E-state index is 11.1. The Morgan fingerprint density at radius 2 is 1.93 bits per heavy atom. The standard InChI is InChI=1S/C21H22N6O2/c22-14-16-6-4-15(5-7-16)8-9-26-10-12-27(13-11-26)21-24-17-2-1-3-18(19(17)25-21)29-20(23)28/h1-7H,8-13H2,(H2,23,28)(H,24,25). The number of carbonyl (C=O) groups is 1. The normalized spacial score (nSPS) is 14.7. The Balaban J connectivity index is 1.35. The van der Waals surface area contributed by atoms with E-state index >= 15 is 0 Å². The van der Waals surface area contributed by atoms with E-state index in [0.29, 0.717) is 16.8 Å². The summed E-state index contributed by atoms with van der Waals surface area (Å²) in [6.45, 7) is 4.59.